The van der Waals surface area contributed by atoms with E-state index in [-0.39, 0.29) is 40.6 Å². The molecule has 0 saturated carbocycles. The maximum atomic E-state index is 13.4. The average Bonchev–Trinajstić information content (AvgIpc) is 2.43. The second kappa shape index (κ2) is 6.89. The van der Waals surface area contributed by atoms with Crippen LogP contribution in [0.4, 0.5) is 10.2 Å². The van der Waals surface area contributed by atoms with E-state index in [9.17, 15) is 14.0 Å². The first kappa shape index (κ1) is 15.0. The maximum Gasteiger partial charge on any atom is 0.253 e. The summed E-state index contributed by atoms with van der Waals surface area (Å²) in [4.78, 5) is 29.2. The van der Waals surface area contributed by atoms with Gasteiger partial charge in [0.1, 0.15) is 11.6 Å². The van der Waals surface area contributed by atoms with Crippen molar-refractivity contribution in [3.05, 3.63) is 52.1 Å². The summed E-state index contributed by atoms with van der Waals surface area (Å²) in [6.07, 6.45) is 0. The third kappa shape index (κ3) is 4.60. The van der Waals surface area contributed by atoms with E-state index in [1.54, 1.807) is 18.2 Å². The maximum absolute atomic E-state index is 13.4. The number of rotatable bonds is 5. The number of nitrogens with zero attached hydrogens (tertiary/aromatic N) is 1. The quantitative estimate of drug-likeness (QED) is 0.563. The van der Waals surface area contributed by atoms with Gasteiger partial charge in [-0.2, -0.15) is 0 Å². The molecule has 0 saturated heterocycles. The molecule has 2 rings (SSSR count). The van der Waals surface area contributed by atoms with Crippen molar-refractivity contribution < 1.29 is 9.18 Å². The van der Waals surface area contributed by atoms with Crippen LogP contribution in [0.2, 0.25) is 0 Å². The van der Waals surface area contributed by atoms with Gasteiger partial charge in [-0.1, -0.05) is 30.0 Å². The number of carbonyl (C=O) groups is 1. The molecule has 0 aliphatic carbocycles. The highest BCUT2D eigenvalue weighted by Gasteiger charge is 2.07. The number of aromatic amines is 1. The van der Waals surface area contributed by atoms with E-state index in [1.165, 1.54) is 6.07 Å². The van der Waals surface area contributed by atoms with Crippen molar-refractivity contribution in [1.82, 2.24) is 15.3 Å². The molecule has 0 aliphatic heterocycles. The second-order valence-corrected chi connectivity index (χ2v) is 5.10. The van der Waals surface area contributed by atoms with Gasteiger partial charge < -0.3 is 16.0 Å². The minimum absolute atomic E-state index is 0.0425. The number of nitrogen functional groups attached to an aromatic ring is 1. The molecule has 4 N–H and O–H groups in total. The highest BCUT2D eigenvalue weighted by Crippen LogP contribution is 2.11. The molecule has 0 radical (unpaired) electrons. The number of nitrogens with one attached hydrogen (secondary N) is 2. The van der Waals surface area contributed by atoms with E-state index in [0.717, 1.165) is 17.8 Å². The molecule has 0 spiro atoms. The summed E-state index contributed by atoms with van der Waals surface area (Å²) in [7, 11) is 0. The Bertz CT molecular complexity index is 705. The van der Waals surface area contributed by atoms with Crippen molar-refractivity contribution in [1.29, 1.82) is 0 Å². The molecule has 2 aromatic rings. The average molecular weight is 308 g/mol. The fraction of sp³-hybridized carbons (Fsp3) is 0.154. The number of hydrogen-bond acceptors (Lipinski definition) is 5. The molecule has 0 aliphatic rings. The normalized spacial score (nSPS) is 10.3. The largest absolute Gasteiger partial charge is 0.383 e. The first-order chi connectivity index (χ1) is 10.0. The predicted octanol–water partition coefficient (Wildman–Crippen LogP) is 0.900. The van der Waals surface area contributed by atoms with Gasteiger partial charge in [-0.25, -0.2) is 9.37 Å². The van der Waals surface area contributed by atoms with Gasteiger partial charge >= 0.3 is 0 Å². The van der Waals surface area contributed by atoms with E-state index in [1.807, 2.05) is 0 Å². The Balaban J connectivity index is 1.85. The third-order valence-corrected chi connectivity index (χ3v) is 3.39. The van der Waals surface area contributed by atoms with E-state index in [2.05, 4.69) is 15.3 Å². The van der Waals surface area contributed by atoms with Crippen LogP contribution in [0.5, 0.6) is 0 Å². The van der Waals surface area contributed by atoms with Gasteiger partial charge in [0, 0.05) is 18.2 Å². The summed E-state index contributed by atoms with van der Waals surface area (Å²) in [5.41, 5.74) is 5.46. The van der Waals surface area contributed by atoms with Crippen molar-refractivity contribution in [2.24, 2.45) is 0 Å². The Morgan fingerprint density at radius 2 is 2.19 bits per heavy atom. The first-order valence-electron chi connectivity index (χ1n) is 6.04. The second-order valence-electron chi connectivity index (χ2n) is 4.13. The molecule has 1 aromatic heterocycles. The SMILES string of the molecule is Nc1cc(=O)[nH]c(SCC(=O)NCc2ccccc2F)n1. The number of anilines is 1. The zero-order valence-corrected chi connectivity index (χ0v) is 11.7. The van der Waals surface area contributed by atoms with E-state index in [0.29, 0.717) is 5.56 Å². The minimum atomic E-state index is -0.378. The molecule has 8 heteroatoms. The van der Waals surface area contributed by atoms with Gasteiger partial charge in [-0.15, -0.1) is 0 Å². The van der Waals surface area contributed by atoms with Crippen LogP contribution in [0.1, 0.15) is 5.56 Å². The van der Waals surface area contributed by atoms with Gasteiger partial charge in [-0.05, 0) is 6.07 Å². The van der Waals surface area contributed by atoms with Crippen LogP contribution in [0.15, 0.2) is 40.3 Å². The molecule has 1 heterocycles. The standard InChI is InChI=1S/C13H13FN4O2S/c14-9-4-2-1-3-8(9)6-16-12(20)7-21-13-17-10(15)5-11(19)18-13/h1-5H,6-7H2,(H,16,20)(H3,15,17,18,19). The molecule has 21 heavy (non-hydrogen) atoms. The summed E-state index contributed by atoms with van der Waals surface area (Å²) in [6.45, 7) is 0.104. The Labute approximate surface area is 124 Å². The molecular formula is C13H13FN4O2S. The lowest BCUT2D eigenvalue weighted by Gasteiger charge is -2.06. The lowest BCUT2D eigenvalue weighted by Crippen LogP contribution is -2.25. The predicted molar refractivity (Wildman–Crippen MR) is 78.2 cm³/mol. The van der Waals surface area contributed by atoms with Crippen LogP contribution < -0.4 is 16.6 Å². The number of thioether (sulfide) groups is 1. The lowest BCUT2D eigenvalue weighted by molar-refractivity contribution is -0.118. The topological polar surface area (TPSA) is 101 Å². The fourth-order valence-corrected chi connectivity index (χ4v) is 2.25. The monoisotopic (exact) mass is 308 g/mol. The van der Waals surface area contributed by atoms with Crippen LogP contribution >= 0.6 is 11.8 Å². The molecule has 1 amide bonds. The number of nitrogens with two attached hydrogens (primary N) is 1. The number of hydrogen-bond donors (Lipinski definition) is 3. The van der Waals surface area contributed by atoms with Gasteiger partial charge in [0.2, 0.25) is 5.91 Å². The molecule has 0 bridgehead atoms. The Morgan fingerprint density at radius 1 is 1.43 bits per heavy atom. The summed E-state index contributed by atoms with van der Waals surface area (Å²) in [6, 6.07) is 7.36. The number of aromatic nitrogens is 2. The van der Waals surface area contributed by atoms with Gasteiger partial charge in [-0.3, -0.25) is 9.59 Å². The molecule has 6 nitrogen and oxygen atoms in total. The van der Waals surface area contributed by atoms with Crippen molar-refractivity contribution in [2.45, 2.75) is 11.7 Å². The van der Waals surface area contributed by atoms with Gasteiger partial charge in [0.15, 0.2) is 5.16 Å². The number of benzene rings is 1. The van der Waals surface area contributed by atoms with Crippen molar-refractivity contribution in [3.63, 3.8) is 0 Å². The third-order valence-electron chi connectivity index (χ3n) is 2.51. The number of halogens is 1. The van der Waals surface area contributed by atoms with Gasteiger partial charge in [0.05, 0.1) is 5.75 Å². The number of H-pyrrole nitrogens is 1. The highest BCUT2D eigenvalue weighted by atomic mass is 32.2. The van der Waals surface area contributed by atoms with Crippen LogP contribution in [0, 0.1) is 5.82 Å². The Kier molecular flexibility index (Phi) is 4.94. The molecule has 1 aromatic carbocycles. The number of amides is 1. The zero-order valence-electron chi connectivity index (χ0n) is 10.9. The van der Waals surface area contributed by atoms with Crippen molar-refractivity contribution in [2.75, 3.05) is 11.5 Å². The van der Waals surface area contributed by atoms with E-state index in [4.69, 9.17) is 5.73 Å². The minimum Gasteiger partial charge on any atom is -0.383 e. The molecule has 110 valence electrons. The summed E-state index contributed by atoms with van der Waals surface area (Å²) >= 11 is 1.04. The highest BCUT2D eigenvalue weighted by molar-refractivity contribution is 7.99. The first-order valence-corrected chi connectivity index (χ1v) is 7.03. The summed E-state index contributed by atoms with van der Waals surface area (Å²) < 4.78 is 13.4. The van der Waals surface area contributed by atoms with E-state index >= 15 is 0 Å². The summed E-state index contributed by atoms with van der Waals surface area (Å²) in [5, 5.41) is 2.85. The fourth-order valence-electron chi connectivity index (χ4n) is 1.54. The summed E-state index contributed by atoms with van der Waals surface area (Å²) in [5.74, 6) is -0.533. The van der Waals surface area contributed by atoms with Crippen LogP contribution in [-0.2, 0) is 11.3 Å². The molecule has 0 fully saturated rings. The molecule has 0 atom stereocenters. The van der Waals surface area contributed by atoms with Crippen molar-refractivity contribution in [3.8, 4) is 0 Å². The van der Waals surface area contributed by atoms with Crippen LogP contribution in [0.3, 0.4) is 0 Å². The van der Waals surface area contributed by atoms with Crippen LogP contribution in [-0.4, -0.2) is 21.6 Å². The number of carbonyl (C=O) groups excluding carboxylic acids is 1. The Morgan fingerprint density at radius 3 is 2.90 bits per heavy atom. The Hall–Kier alpha value is -2.35. The van der Waals surface area contributed by atoms with Gasteiger partial charge in [0.25, 0.3) is 5.56 Å². The smallest absolute Gasteiger partial charge is 0.253 e. The van der Waals surface area contributed by atoms with Crippen LogP contribution in [0.25, 0.3) is 0 Å². The zero-order chi connectivity index (χ0) is 15.2. The lowest BCUT2D eigenvalue weighted by atomic mass is 10.2. The van der Waals surface area contributed by atoms with Crippen molar-refractivity contribution >= 4 is 23.5 Å². The van der Waals surface area contributed by atoms with E-state index < -0.39 is 0 Å². The molecular weight excluding hydrogens is 295 g/mol. The molecule has 0 unspecified atom stereocenters.